The van der Waals surface area contributed by atoms with Gasteiger partial charge in [-0.15, -0.1) is 0 Å². The number of ether oxygens (including phenoxy) is 1. The van der Waals surface area contributed by atoms with Crippen LogP contribution in [0.25, 0.3) is 22.2 Å². The number of fused-ring (bicyclic) bond motifs is 1. The summed E-state index contributed by atoms with van der Waals surface area (Å²) in [6.45, 7) is 0.719. The fourth-order valence-corrected chi connectivity index (χ4v) is 4.48. The third kappa shape index (κ3) is 4.42. The van der Waals surface area contributed by atoms with Crippen LogP contribution in [0.1, 0.15) is 38.5 Å². The summed E-state index contributed by atoms with van der Waals surface area (Å²) in [6.07, 6.45) is 14.6. The van der Waals surface area contributed by atoms with E-state index in [0.29, 0.717) is 22.4 Å². The zero-order chi connectivity index (χ0) is 21.9. The van der Waals surface area contributed by atoms with Gasteiger partial charge in [-0.05, 0) is 36.6 Å². The lowest BCUT2D eigenvalue weighted by Crippen LogP contribution is -2.22. The van der Waals surface area contributed by atoms with Gasteiger partial charge < -0.3 is 4.74 Å². The first kappa shape index (κ1) is 20.4. The van der Waals surface area contributed by atoms with Gasteiger partial charge in [0.15, 0.2) is 0 Å². The molecule has 0 N–H and O–H groups in total. The second-order valence-electron chi connectivity index (χ2n) is 8.60. The van der Waals surface area contributed by atoms with E-state index in [-0.39, 0.29) is 5.56 Å². The summed E-state index contributed by atoms with van der Waals surface area (Å²) in [5.74, 6) is 1.98. The van der Waals surface area contributed by atoms with Crippen LogP contribution >= 0.6 is 0 Å². The molecule has 4 aromatic rings. The molecular formula is C25H27N5O2. The third-order valence-corrected chi connectivity index (χ3v) is 6.27. The number of pyridine rings is 1. The van der Waals surface area contributed by atoms with E-state index in [1.54, 1.807) is 40.1 Å². The summed E-state index contributed by atoms with van der Waals surface area (Å²) in [5.41, 5.74) is 2.37. The Morgan fingerprint density at radius 1 is 1.06 bits per heavy atom. The number of hydrogen-bond acceptors (Lipinski definition) is 5. The zero-order valence-corrected chi connectivity index (χ0v) is 18.3. The molecule has 0 saturated heterocycles. The lowest BCUT2D eigenvalue weighted by Gasteiger charge is -2.21. The van der Waals surface area contributed by atoms with Gasteiger partial charge in [0.25, 0.3) is 5.56 Å². The summed E-state index contributed by atoms with van der Waals surface area (Å²) in [5, 5.41) is 4.77. The monoisotopic (exact) mass is 429 g/mol. The van der Waals surface area contributed by atoms with E-state index in [2.05, 4.69) is 15.1 Å². The number of aryl methyl sites for hydroxylation is 2. The van der Waals surface area contributed by atoms with E-state index in [9.17, 15) is 4.79 Å². The van der Waals surface area contributed by atoms with Gasteiger partial charge in [0.1, 0.15) is 11.5 Å². The van der Waals surface area contributed by atoms with E-state index >= 15 is 0 Å². The Morgan fingerprint density at radius 2 is 1.91 bits per heavy atom. The van der Waals surface area contributed by atoms with E-state index < -0.39 is 0 Å². The maximum Gasteiger partial charge on any atom is 0.261 e. The summed E-state index contributed by atoms with van der Waals surface area (Å²) < 4.78 is 9.54. The van der Waals surface area contributed by atoms with Crippen LogP contribution in [0, 0.1) is 5.92 Å². The van der Waals surface area contributed by atoms with Crippen molar-refractivity contribution in [1.29, 1.82) is 0 Å². The Morgan fingerprint density at radius 3 is 2.72 bits per heavy atom. The molecule has 0 radical (unpaired) electrons. The van der Waals surface area contributed by atoms with Gasteiger partial charge in [-0.3, -0.25) is 19.0 Å². The average molecular weight is 430 g/mol. The smallest absolute Gasteiger partial charge is 0.261 e. The molecule has 1 aliphatic carbocycles. The largest absolute Gasteiger partial charge is 0.457 e. The zero-order valence-electron chi connectivity index (χ0n) is 18.3. The molecule has 0 spiro atoms. The van der Waals surface area contributed by atoms with E-state index in [4.69, 9.17) is 4.74 Å². The second kappa shape index (κ2) is 8.94. The number of benzene rings is 1. The van der Waals surface area contributed by atoms with Gasteiger partial charge in [0.2, 0.25) is 0 Å². The van der Waals surface area contributed by atoms with Crippen LogP contribution in [-0.4, -0.2) is 24.3 Å². The minimum atomic E-state index is -0.0120. The molecular weight excluding hydrogens is 402 g/mol. The molecule has 1 fully saturated rings. The van der Waals surface area contributed by atoms with Crippen LogP contribution in [-0.2, 0) is 13.6 Å². The fourth-order valence-electron chi connectivity index (χ4n) is 4.48. The van der Waals surface area contributed by atoms with Crippen LogP contribution in [0.3, 0.4) is 0 Å². The van der Waals surface area contributed by atoms with Gasteiger partial charge >= 0.3 is 0 Å². The summed E-state index contributed by atoms with van der Waals surface area (Å²) in [7, 11) is 1.87. The molecule has 0 amide bonds. The Labute approximate surface area is 186 Å². The predicted octanol–water partition coefficient (Wildman–Crippen LogP) is 4.95. The molecule has 0 atom stereocenters. The van der Waals surface area contributed by atoms with Crippen molar-refractivity contribution in [3.63, 3.8) is 0 Å². The Balaban J connectivity index is 1.37. The highest BCUT2D eigenvalue weighted by molar-refractivity contribution is 5.79. The lowest BCUT2D eigenvalue weighted by molar-refractivity contribution is 0.322. The highest BCUT2D eigenvalue weighted by atomic mass is 16.5. The Kier molecular flexibility index (Phi) is 5.71. The number of aromatic nitrogens is 5. The van der Waals surface area contributed by atoms with Crippen molar-refractivity contribution in [2.75, 3.05) is 0 Å². The van der Waals surface area contributed by atoms with E-state index in [0.717, 1.165) is 30.1 Å². The molecule has 3 heterocycles. The standard InChI is InChI=1S/C25H27N5O2/c1-29-16-19(15-28-29)24-14-21(9-11-26-24)32-20-7-8-23-22(13-20)25(31)30(17-27-23)12-10-18-5-3-2-4-6-18/h7-9,11,13-18H,2-6,10,12H2,1H3. The van der Waals surface area contributed by atoms with Crippen molar-refractivity contribution in [1.82, 2.24) is 24.3 Å². The normalized spacial score (nSPS) is 14.7. The van der Waals surface area contributed by atoms with Gasteiger partial charge in [-0.2, -0.15) is 5.10 Å². The van der Waals surface area contributed by atoms with Crippen LogP contribution in [0.2, 0.25) is 0 Å². The molecule has 3 aromatic heterocycles. The molecule has 164 valence electrons. The van der Waals surface area contributed by atoms with Crippen molar-refractivity contribution in [3.05, 3.63) is 65.6 Å². The molecule has 0 unspecified atom stereocenters. The quantitative estimate of drug-likeness (QED) is 0.433. The molecule has 5 rings (SSSR count). The first-order chi connectivity index (χ1) is 15.7. The highest BCUT2D eigenvalue weighted by Crippen LogP contribution is 2.28. The minimum absolute atomic E-state index is 0.0120. The van der Waals surface area contributed by atoms with E-state index in [1.807, 2.05) is 31.4 Å². The summed E-state index contributed by atoms with van der Waals surface area (Å²) >= 11 is 0. The fraction of sp³-hybridized carbons (Fsp3) is 0.360. The van der Waals surface area contributed by atoms with Crippen molar-refractivity contribution in [2.45, 2.75) is 45.1 Å². The Bertz CT molecular complexity index is 1290. The maximum absolute atomic E-state index is 13.1. The van der Waals surface area contributed by atoms with Gasteiger partial charge in [-0.1, -0.05) is 32.1 Å². The SMILES string of the molecule is Cn1cc(-c2cc(Oc3ccc4ncn(CCC5CCCCC5)c(=O)c4c3)ccn2)cn1. The average Bonchev–Trinajstić information content (AvgIpc) is 3.26. The van der Waals surface area contributed by atoms with Gasteiger partial charge in [0.05, 0.1) is 29.1 Å². The molecule has 0 aliphatic heterocycles. The van der Waals surface area contributed by atoms with Crippen molar-refractivity contribution in [2.24, 2.45) is 13.0 Å². The number of nitrogens with zero attached hydrogens (tertiary/aromatic N) is 5. The second-order valence-corrected chi connectivity index (χ2v) is 8.60. The molecule has 1 aromatic carbocycles. The summed E-state index contributed by atoms with van der Waals surface area (Å²) in [6, 6.07) is 9.13. The van der Waals surface area contributed by atoms with Crippen LogP contribution in [0.5, 0.6) is 11.5 Å². The molecule has 7 nitrogen and oxygen atoms in total. The molecule has 7 heteroatoms. The topological polar surface area (TPSA) is 74.8 Å². The third-order valence-electron chi connectivity index (χ3n) is 6.27. The minimum Gasteiger partial charge on any atom is -0.457 e. The van der Waals surface area contributed by atoms with Gasteiger partial charge in [0, 0.05) is 37.6 Å². The molecule has 1 saturated carbocycles. The van der Waals surface area contributed by atoms with E-state index in [1.165, 1.54) is 32.1 Å². The van der Waals surface area contributed by atoms with Crippen molar-refractivity contribution < 1.29 is 4.74 Å². The number of hydrogen-bond donors (Lipinski definition) is 0. The maximum atomic E-state index is 13.1. The van der Waals surface area contributed by atoms with Gasteiger partial charge in [-0.25, -0.2) is 4.98 Å². The molecule has 0 bridgehead atoms. The predicted molar refractivity (Wildman–Crippen MR) is 124 cm³/mol. The van der Waals surface area contributed by atoms with Crippen LogP contribution < -0.4 is 10.3 Å². The molecule has 32 heavy (non-hydrogen) atoms. The number of rotatable bonds is 6. The lowest BCUT2D eigenvalue weighted by atomic mass is 9.87. The first-order valence-electron chi connectivity index (χ1n) is 11.3. The van der Waals surface area contributed by atoms with Crippen LogP contribution in [0.15, 0.2) is 60.0 Å². The Hall–Kier alpha value is -3.48. The first-order valence-corrected chi connectivity index (χ1v) is 11.3. The summed E-state index contributed by atoms with van der Waals surface area (Å²) in [4.78, 5) is 22.0. The van der Waals surface area contributed by atoms with Crippen molar-refractivity contribution in [3.8, 4) is 22.8 Å². The highest BCUT2D eigenvalue weighted by Gasteiger charge is 2.14. The molecule has 1 aliphatic rings. The van der Waals surface area contributed by atoms with Crippen LogP contribution in [0.4, 0.5) is 0 Å². The van der Waals surface area contributed by atoms with Crippen molar-refractivity contribution >= 4 is 10.9 Å².